The molecule has 4 rings (SSSR count). The Morgan fingerprint density at radius 3 is 2.64 bits per heavy atom. The van der Waals surface area contributed by atoms with E-state index in [4.69, 9.17) is 22.1 Å². The van der Waals surface area contributed by atoms with Crippen LogP contribution < -0.4 is 15.8 Å². The van der Waals surface area contributed by atoms with Gasteiger partial charge in [0.25, 0.3) is 0 Å². The summed E-state index contributed by atoms with van der Waals surface area (Å²) in [6.07, 6.45) is 0.982. The lowest BCUT2D eigenvalue weighted by atomic mass is 10.0. The molecule has 0 radical (unpaired) electrons. The molecule has 0 bridgehead atoms. The number of halogens is 1. The highest BCUT2D eigenvalue weighted by Crippen LogP contribution is 2.30. The van der Waals surface area contributed by atoms with Gasteiger partial charge >= 0.3 is 0 Å². The highest BCUT2D eigenvalue weighted by molar-refractivity contribution is 6.29. The number of hydrogen-bond donors (Lipinski definition) is 2. The van der Waals surface area contributed by atoms with Crippen molar-refractivity contribution in [2.45, 2.75) is 13.0 Å². The summed E-state index contributed by atoms with van der Waals surface area (Å²) < 4.78 is 5.56. The Balaban J connectivity index is 1.46. The summed E-state index contributed by atoms with van der Waals surface area (Å²) in [6, 6.07) is 16.4. The van der Waals surface area contributed by atoms with E-state index in [9.17, 15) is 0 Å². The van der Waals surface area contributed by atoms with Crippen LogP contribution in [0.1, 0.15) is 11.1 Å². The van der Waals surface area contributed by atoms with Gasteiger partial charge in [-0.15, -0.1) is 0 Å². The average molecular weight is 353 g/mol. The van der Waals surface area contributed by atoms with Crippen LogP contribution in [0.25, 0.3) is 11.1 Å². The third kappa shape index (κ3) is 3.51. The number of nitrogen functional groups attached to an aromatic ring is 1. The minimum Gasteiger partial charge on any atom is -0.493 e. The van der Waals surface area contributed by atoms with E-state index in [1.807, 2.05) is 0 Å². The summed E-state index contributed by atoms with van der Waals surface area (Å²) in [5, 5.41) is 3.53. The first-order valence-electron chi connectivity index (χ1n) is 8.06. The van der Waals surface area contributed by atoms with Crippen LogP contribution in [-0.2, 0) is 13.0 Å². The van der Waals surface area contributed by atoms with E-state index in [1.54, 1.807) is 6.07 Å². The van der Waals surface area contributed by atoms with Gasteiger partial charge in [0.2, 0.25) is 5.95 Å². The van der Waals surface area contributed by atoms with E-state index in [1.165, 1.54) is 16.7 Å². The molecule has 0 unspecified atom stereocenters. The lowest BCUT2D eigenvalue weighted by Crippen LogP contribution is -2.04. The molecule has 2 aromatic carbocycles. The van der Waals surface area contributed by atoms with Gasteiger partial charge in [0, 0.05) is 19.0 Å². The molecule has 0 saturated heterocycles. The third-order valence-electron chi connectivity index (χ3n) is 4.16. The number of hydrogen-bond acceptors (Lipinski definition) is 5. The number of nitrogens with zero attached hydrogens (tertiary/aromatic N) is 2. The molecule has 25 heavy (non-hydrogen) atoms. The van der Waals surface area contributed by atoms with Crippen LogP contribution >= 0.6 is 11.6 Å². The predicted octanol–water partition coefficient (Wildman–Crippen LogP) is 3.93. The second-order valence-corrected chi connectivity index (χ2v) is 6.29. The van der Waals surface area contributed by atoms with Crippen LogP contribution in [0.5, 0.6) is 5.75 Å². The van der Waals surface area contributed by atoms with Crippen LogP contribution in [0.4, 0.5) is 11.8 Å². The standard InChI is InChI=1S/C19H17ClN4O/c20-17-10-18(24-19(21)23-17)22-11-12-1-3-13(4-2-12)14-5-6-16-15(9-14)7-8-25-16/h1-6,9-10H,7-8,11H2,(H3,21,22,23,24). The molecule has 0 spiro atoms. The number of ether oxygens (including phenoxy) is 1. The number of rotatable bonds is 4. The largest absolute Gasteiger partial charge is 0.493 e. The smallest absolute Gasteiger partial charge is 0.223 e. The fourth-order valence-corrected chi connectivity index (χ4v) is 3.09. The van der Waals surface area contributed by atoms with Gasteiger partial charge in [-0.3, -0.25) is 0 Å². The lowest BCUT2D eigenvalue weighted by molar-refractivity contribution is 0.357. The quantitative estimate of drug-likeness (QED) is 0.696. The van der Waals surface area contributed by atoms with Crippen molar-refractivity contribution >= 4 is 23.4 Å². The Morgan fingerprint density at radius 1 is 1.04 bits per heavy atom. The molecule has 126 valence electrons. The molecule has 1 aliphatic rings. The molecular weight excluding hydrogens is 336 g/mol. The van der Waals surface area contributed by atoms with E-state index >= 15 is 0 Å². The van der Waals surface area contributed by atoms with E-state index in [-0.39, 0.29) is 5.95 Å². The van der Waals surface area contributed by atoms with Crippen molar-refractivity contribution in [1.82, 2.24) is 9.97 Å². The second kappa shape index (κ2) is 6.61. The number of benzene rings is 2. The van der Waals surface area contributed by atoms with Crippen molar-refractivity contribution in [3.05, 3.63) is 64.8 Å². The third-order valence-corrected chi connectivity index (χ3v) is 4.36. The van der Waals surface area contributed by atoms with Gasteiger partial charge in [0.05, 0.1) is 6.61 Å². The molecule has 1 aliphatic heterocycles. The molecule has 3 aromatic rings. The maximum absolute atomic E-state index is 5.88. The molecule has 0 atom stereocenters. The first kappa shape index (κ1) is 15.7. The van der Waals surface area contributed by atoms with Gasteiger partial charge in [0.1, 0.15) is 16.7 Å². The minimum absolute atomic E-state index is 0.158. The van der Waals surface area contributed by atoms with Crippen molar-refractivity contribution in [2.75, 3.05) is 17.7 Å². The molecule has 6 heteroatoms. The molecule has 1 aromatic heterocycles. The van der Waals surface area contributed by atoms with Crippen LogP contribution in [0.2, 0.25) is 5.15 Å². The van der Waals surface area contributed by atoms with E-state index in [2.05, 4.69) is 57.7 Å². The zero-order chi connectivity index (χ0) is 17.2. The average Bonchev–Trinajstić information content (AvgIpc) is 3.07. The zero-order valence-electron chi connectivity index (χ0n) is 13.5. The van der Waals surface area contributed by atoms with Gasteiger partial charge < -0.3 is 15.8 Å². The summed E-state index contributed by atoms with van der Waals surface area (Å²) in [5.41, 5.74) is 10.4. The van der Waals surface area contributed by atoms with Crippen molar-refractivity contribution in [1.29, 1.82) is 0 Å². The second-order valence-electron chi connectivity index (χ2n) is 5.91. The highest BCUT2D eigenvalue weighted by Gasteiger charge is 2.12. The predicted molar refractivity (Wildman–Crippen MR) is 99.9 cm³/mol. The van der Waals surface area contributed by atoms with Gasteiger partial charge in [-0.2, -0.15) is 4.98 Å². The van der Waals surface area contributed by atoms with Crippen LogP contribution in [0.15, 0.2) is 48.5 Å². The Labute approximate surface area is 150 Å². The number of aromatic nitrogens is 2. The monoisotopic (exact) mass is 352 g/mol. The van der Waals surface area contributed by atoms with Gasteiger partial charge in [0.15, 0.2) is 0 Å². The summed E-state index contributed by atoms with van der Waals surface area (Å²) in [4.78, 5) is 7.95. The van der Waals surface area contributed by atoms with Gasteiger partial charge in [-0.1, -0.05) is 41.9 Å². The van der Waals surface area contributed by atoms with Crippen molar-refractivity contribution in [3.63, 3.8) is 0 Å². The normalized spacial score (nSPS) is 12.5. The van der Waals surface area contributed by atoms with E-state index in [0.29, 0.717) is 17.5 Å². The van der Waals surface area contributed by atoms with E-state index < -0.39 is 0 Å². The SMILES string of the molecule is Nc1nc(Cl)cc(NCc2ccc(-c3ccc4c(c3)CCO4)cc2)n1. The summed E-state index contributed by atoms with van der Waals surface area (Å²) in [5.74, 6) is 1.78. The Kier molecular flexibility index (Phi) is 4.15. The fourth-order valence-electron chi connectivity index (χ4n) is 2.90. The van der Waals surface area contributed by atoms with Gasteiger partial charge in [-0.25, -0.2) is 4.98 Å². The topological polar surface area (TPSA) is 73.1 Å². The number of anilines is 2. The number of fused-ring (bicyclic) bond motifs is 1. The molecular formula is C19H17ClN4O. The molecule has 3 N–H and O–H groups in total. The Morgan fingerprint density at radius 2 is 1.84 bits per heavy atom. The maximum Gasteiger partial charge on any atom is 0.223 e. The maximum atomic E-state index is 5.88. The van der Waals surface area contributed by atoms with Crippen molar-refractivity contribution < 1.29 is 4.74 Å². The molecule has 5 nitrogen and oxygen atoms in total. The molecule has 0 aliphatic carbocycles. The number of nitrogens with one attached hydrogen (secondary N) is 1. The zero-order valence-corrected chi connectivity index (χ0v) is 14.3. The summed E-state index contributed by atoms with van der Waals surface area (Å²) >= 11 is 5.88. The lowest BCUT2D eigenvalue weighted by Gasteiger charge is -2.08. The molecule has 0 fully saturated rings. The van der Waals surface area contributed by atoms with Gasteiger partial charge in [-0.05, 0) is 34.4 Å². The minimum atomic E-state index is 0.158. The molecule has 0 saturated carbocycles. The summed E-state index contributed by atoms with van der Waals surface area (Å²) in [7, 11) is 0. The number of nitrogens with two attached hydrogens (primary N) is 1. The fraction of sp³-hybridized carbons (Fsp3) is 0.158. The van der Waals surface area contributed by atoms with Crippen LogP contribution in [-0.4, -0.2) is 16.6 Å². The summed E-state index contributed by atoms with van der Waals surface area (Å²) in [6.45, 7) is 1.41. The van der Waals surface area contributed by atoms with Crippen molar-refractivity contribution in [3.8, 4) is 16.9 Å². The van der Waals surface area contributed by atoms with Crippen molar-refractivity contribution in [2.24, 2.45) is 0 Å². The molecule has 0 amide bonds. The highest BCUT2D eigenvalue weighted by atomic mass is 35.5. The van der Waals surface area contributed by atoms with E-state index in [0.717, 1.165) is 24.3 Å². The Bertz CT molecular complexity index is 892. The first-order chi connectivity index (χ1) is 12.2. The Hall–Kier alpha value is -2.79. The molecule has 2 heterocycles. The van der Waals surface area contributed by atoms with Crippen LogP contribution in [0, 0.1) is 0 Å². The first-order valence-corrected chi connectivity index (χ1v) is 8.44. The van der Waals surface area contributed by atoms with Crippen LogP contribution in [0.3, 0.4) is 0 Å².